The summed E-state index contributed by atoms with van der Waals surface area (Å²) < 4.78 is 26.7. The summed E-state index contributed by atoms with van der Waals surface area (Å²) in [5.41, 5.74) is 2.75. The largest absolute Gasteiger partial charge is 0.354 e. The zero-order valence-corrected chi connectivity index (χ0v) is 18.0. The Morgan fingerprint density at radius 3 is 2.28 bits per heavy atom. The number of sulfonamides is 1. The van der Waals surface area contributed by atoms with Gasteiger partial charge < -0.3 is 10.6 Å². The molecule has 0 radical (unpaired) electrons. The van der Waals surface area contributed by atoms with E-state index in [-0.39, 0.29) is 41.3 Å². The van der Waals surface area contributed by atoms with Crippen LogP contribution in [0.1, 0.15) is 11.1 Å². The van der Waals surface area contributed by atoms with Gasteiger partial charge in [-0.15, -0.1) is 11.8 Å². The Kier molecular flexibility index (Phi) is 8.69. The molecule has 0 unspecified atom stereocenters. The van der Waals surface area contributed by atoms with Crippen LogP contribution in [0.15, 0.2) is 53.4 Å². The van der Waals surface area contributed by atoms with E-state index in [2.05, 4.69) is 15.4 Å². The van der Waals surface area contributed by atoms with Gasteiger partial charge in [-0.25, -0.2) is 13.1 Å². The first kappa shape index (κ1) is 22.9. The standard InChI is InChI=1S/C20H25N3O4S2/c1-15-6-8-18(9-7-15)29(26,27)22-11-10-21-19(24)13-28-14-20(25)23-17-5-3-4-16(2)12-17/h3-9,12,22H,10-11,13-14H2,1-2H3,(H,21,24)(H,23,25). The molecule has 3 N–H and O–H groups in total. The Morgan fingerprint density at radius 1 is 0.897 bits per heavy atom. The Morgan fingerprint density at radius 2 is 1.59 bits per heavy atom. The van der Waals surface area contributed by atoms with Crippen LogP contribution in [0.3, 0.4) is 0 Å². The molecule has 0 aliphatic heterocycles. The van der Waals surface area contributed by atoms with E-state index >= 15 is 0 Å². The molecule has 0 aliphatic rings. The fraction of sp³-hybridized carbons (Fsp3) is 0.300. The molecule has 0 saturated carbocycles. The molecule has 0 saturated heterocycles. The first-order chi connectivity index (χ1) is 13.8. The lowest BCUT2D eigenvalue weighted by Crippen LogP contribution is -2.35. The molecule has 0 spiro atoms. The van der Waals surface area contributed by atoms with Crippen LogP contribution in [-0.2, 0) is 19.6 Å². The third-order valence-corrected chi connectivity index (χ3v) is 6.25. The van der Waals surface area contributed by atoms with Gasteiger partial charge in [-0.3, -0.25) is 9.59 Å². The van der Waals surface area contributed by atoms with Gasteiger partial charge in [0.25, 0.3) is 0 Å². The summed E-state index contributed by atoms with van der Waals surface area (Å²) in [6.45, 7) is 4.07. The number of anilines is 1. The molecule has 0 aliphatic carbocycles. The third-order valence-electron chi connectivity index (χ3n) is 3.84. The molecule has 7 nitrogen and oxygen atoms in total. The van der Waals surface area contributed by atoms with E-state index in [1.54, 1.807) is 18.2 Å². The molecule has 0 atom stereocenters. The molecule has 0 fully saturated rings. The minimum absolute atomic E-state index is 0.0838. The quantitative estimate of drug-likeness (QED) is 0.496. The second kappa shape index (κ2) is 11.0. The Bertz CT molecular complexity index is 944. The second-order valence-electron chi connectivity index (χ2n) is 6.47. The average molecular weight is 436 g/mol. The zero-order chi connectivity index (χ0) is 21.3. The number of aryl methyl sites for hydroxylation is 2. The predicted molar refractivity (Wildman–Crippen MR) is 117 cm³/mol. The Labute approximate surface area is 175 Å². The first-order valence-corrected chi connectivity index (χ1v) is 11.7. The molecule has 9 heteroatoms. The van der Waals surface area contributed by atoms with Gasteiger partial charge in [0.15, 0.2) is 0 Å². The molecule has 2 rings (SSSR count). The minimum Gasteiger partial charge on any atom is -0.354 e. The maximum absolute atomic E-state index is 12.1. The normalized spacial score (nSPS) is 11.1. The summed E-state index contributed by atoms with van der Waals surface area (Å²) in [6, 6.07) is 14.0. The number of thioether (sulfide) groups is 1. The van der Waals surface area contributed by atoms with E-state index in [1.165, 1.54) is 23.9 Å². The molecule has 29 heavy (non-hydrogen) atoms. The highest BCUT2D eigenvalue weighted by Crippen LogP contribution is 2.11. The van der Waals surface area contributed by atoms with E-state index in [9.17, 15) is 18.0 Å². The lowest BCUT2D eigenvalue weighted by molar-refractivity contribution is -0.118. The third kappa shape index (κ3) is 8.26. The van der Waals surface area contributed by atoms with Crippen molar-refractivity contribution in [3.63, 3.8) is 0 Å². The minimum atomic E-state index is -3.60. The molecule has 2 aromatic carbocycles. The monoisotopic (exact) mass is 435 g/mol. The highest BCUT2D eigenvalue weighted by molar-refractivity contribution is 8.00. The fourth-order valence-electron chi connectivity index (χ4n) is 2.40. The summed E-state index contributed by atoms with van der Waals surface area (Å²) in [4.78, 5) is 23.9. The van der Waals surface area contributed by atoms with Crippen molar-refractivity contribution in [2.24, 2.45) is 0 Å². The molecule has 2 aromatic rings. The lowest BCUT2D eigenvalue weighted by atomic mass is 10.2. The van der Waals surface area contributed by atoms with E-state index in [1.807, 2.05) is 32.0 Å². The van der Waals surface area contributed by atoms with Crippen molar-refractivity contribution in [1.82, 2.24) is 10.0 Å². The van der Waals surface area contributed by atoms with Gasteiger partial charge in [-0.2, -0.15) is 0 Å². The SMILES string of the molecule is Cc1ccc(S(=O)(=O)NCCNC(=O)CSCC(=O)Nc2cccc(C)c2)cc1. The van der Waals surface area contributed by atoms with E-state index in [0.717, 1.165) is 16.8 Å². The lowest BCUT2D eigenvalue weighted by Gasteiger charge is -2.09. The van der Waals surface area contributed by atoms with Crippen LogP contribution < -0.4 is 15.4 Å². The Balaban J connectivity index is 1.62. The van der Waals surface area contributed by atoms with Crippen molar-refractivity contribution in [3.05, 3.63) is 59.7 Å². The summed E-state index contributed by atoms with van der Waals surface area (Å²) in [5, 5.41) is 5.40. The van der Waals surface area contributed by atoms with Crippen LogP contribution in [0.25, 0.3) is 0 Å². The van der Waals surface area contributed by atoms with Gasteiger partial charge in [-0.1, -0.05) is 29.8 Å². The van der Waals surface area contributed by atoms with Crippen molar-refractivity contribution >= 4 is 39.3 Å². The molecular formula is C20H25N3O4S2. The first-order valence-electron chi connectivity index (χ1n) is 9.03. The van der Waals surface area contributed by atoms with Crippen molar-refractivity contribution < 1.29 is 18.0 Å². The fourth-order valence-corrected chi connectivity index (χ4v) is 4.07. The predicted octanol–water partition coefficient (Wildman–Crippen LogP) is 2.07. The van der Waals surface area contributed by atoms with Crippen LogP contribution in [0.4, 0.5) is 5.69 Å². The Hall–Kier alpha value is -2.36. The van der Waals surface area contributed by atoms with Gasteiger partial charge in [0.05, 0.1) is 16.4 Å². The van der Waals surface area contributed by atoms with Gasteiger partial charge in [-0.05, 0) is 43.7 Å². The highest BCUT2D eigenvalue weighted by atomic mass is 32.2. The zero-order valence-electron chi connectivity index (χ0n) is 16.4. The number of nitrogens with one attached hydrogen (secondary N) is 3. The molecule has 156 valence electrons. The molecule has 0 aromatic heterocycles. The number of hydrogen-bond acceptors (Lipinski definition) is 5. The van der Waals surface area contributed by atoms with Crippen molar-refractivity contribution in [2.75, 3.05) is 29.9 Å². The highest BCUT2D eigenvalue weighted by Gasteiger charge is 2.13. The number of benzene rings is 2. The maximum atomic E-state index is 12.1. The number of rotatable bonds is 10. The molecule has 0 bridgehead atoms. The van der Waals surface area contributed by atoms with Crippen molar-refractivity contribution in [2.45, 2.75) is 18.7 Å². The molecule has 0 heterocycles. The van der Waals surface area contributed by atoms with Crippen LogP contribution in [0, 0.1) is 13.8 Å². The molecular weight excluding hydrogens is 410 g/mol. The summed E-state index contributed by atoms with van der Waals surface area (Å²) in [6.07, 6.45) is 0. The smallest absolute Gasteiger partial charge is 0.240 e. The summed E-state index contributed by atoms with van der Waals surface area (Å²) in [7, 11) is -3.60. The molecule has 2 amide bonds. The van der Waals surface area contributed by atoms with Crippen LogP contribution in [0.5, 0.6) is 0 Å². The van der Waals surface area contributed by atoms with Crippen molar-refractivity contribution in [1.29, 1.82) is 0 Å². The number of amides is 2. The maximum Gasteiger partial charge on any atom is 0.240 e. The van der Waals surface area contributed by atoms with Gasteiger partial charge in [0.2, 0.25) is 21.8 Å². The van der Waals surface area contributed by atoms with Crippen molar-refractivity contribution in [3.8, 4) is 0 Å². The second-order valence-corrected chi connectivity index (χ2v) is 9.22. The number of hydrogen-bond donors (Lipinski definition) is 3. The van der Waals surface area contributed by atoms with Gasteiger partial charge in [0, 0.05) is 18.8 Å². The number of carbonyl (C=O) groups is 2. The summed E-state index contributed by atoms with van der Waals surface area (Å²) >= 11 is 1.19. The topological polar surface area (TPSA) is 104 Å². The number of carbonyl (C=O) groups excluding carboxylic acids is 2. The van der Waals surface area contributed by atoms with Gasteiger partial charge in [0.1, 0.15) is 0 Å². The van der Waals surface area contributed by atoms with E-state index in [4.69, 9.17) is 0 Å². The van der Waals surface area contributed by atoms with Crippen LogP contribution >= 0.6 is 11.8 Å². The van der Waals surface area contributed by atoms with Crippen LogP contribution in [0.2, 0.25) is 0 Å². The summed E-state index contributed by atoms with van der Waals surface area (Å²) in [5.74, 6) is -0.167. The van der Waals surface area contributed by atoms with E-state index < -0.39 is 10.0 Å². The van der Waals surface area contributed by atoms with Crippen LogP contribution in [-0.4, -0.2) is 44.8 Å². The van der Waals surface area contributed by atoms with E-state index in [0.29, 0.717) is 0 Å². The van der Waals surface area contributed by atoms with Gasteiger partial charge >= 0.3 is 0 Å². The average Bonchev–Trinajstić information content (AvgIpc) is 2.65.